The number of aliphatic carboxylic acids is 1. The highest BCUT2D eigenvalue weighted by atomic mass is 35.5. The maximum absolute atomic E-state index is 10.6. The molecule has 1 N–H and O–H groups in total. The zero-order valence-electron chi connectivity index (χ0n) is 6.12. The monoisotopic (exact) mass is 306 g/mol. The number of hydrogen-bond acceptors (Lipinski definition) is 1. The molecule has 0 fully saturated rings. The van der Waals surface area contributed by atoms with Crippen LogP contribution in [0.25, 0.3) is 0 Å². The van der Waals surface area contributed by atoms with Gasteiger partial charge in [0.15, 0.2) is 8.67 Å². The van der Waals surface area contributed by atoms with Crippen molar-refractivity contribution < 1.29 is 9.90 Å². The molecule has 0 unspecified atom stereocenters. The lowest BCUT2D eigenvalue weighted by Crippen LogP contribution is -2.52. The van der Waals surface area contributed by atoms with Crippen LogP contribution in [-0.4, -0.2) is 24.1 Å². The minimum atomic E-state index is -2.49. The Balaban J connectivity index is 5.16. The maximum atomic E-state index is 10.6. The van der Waals surface area contributed by atoms with Crippen LogP contribution in [-0.2, 0) is 4.79 Å². The van der Waals surface area contributed by atoms with Gasteiger partial charge in [-0.25, -0.2) is 4.79 Å². The van der Waals surface area contributed by atoms with Crippen LogP contribution in [0.1, 0.15) is 6.92 Å². The van der Waals surface area contributed by atoms with Crippen LogP contribution in [0.3, 0.4) is 0 Å². The van der Waals surface area contributed by atoms with Crippen molar-refractivity contribution in [2.45, 2.75) is 19.9 Å². The Morgan fingerprint density at radius 2 is 1.38 bits per heavy atom. The molecule has 0 aliphatic rings. The van der Waals surface area contributed by atoms with Crippen molar-refractivity contribution in [2.75, 3.05) is 0 Å². The number of alkyl halides is 6. The van der Waals surface area contributed by atoms with E-state index in [9.17, 15) is 4.79 Å². The van der Waals surface area contributed by atoms with Crippen LogP contribution in [0, 0.1) is 0 Å². The predicted molar refractivity (Wildman–Crippen MR) is 56.6 cm³/mol. The lowest BCUT2D eigenvalue weighted by molar-refractivity contribution is -0.138. The summed E-state index contributed by atoms with van der Waals surface area (Å²) in [4.78, 5) is 10.6. The minimum absolute atomic E-state index is 1.18. The lowest BCUT2D eigenvalue weighted by atomic mass is 10.2. The summed E-state index contributed by atoms with van der Waals surface area (Å²) in [6, 6.07) is 0. The van der Waals surface area contributed by atoms with Gasteiger partial charge in [-0.05, 0) is 6.92 Å². The fraction of sp³-hybridized carbons (Fsp3) is 0.800. The van der Waals surface area contributed by atoms with Crippen LogP contribution in [0.2, 0.25) is 0 Å². The first-order valence-electron chi connectivity index (χ1n) is 2.81. The largest absolute Gasteiger partial charge is 0.479 e. The molecule has 0 rings (SSSR count). The molecule has 0 aliphatic carbocycles. The Morgan fingerprint density at radius 1 is 1.08 bits per heavy atom. The normalized spacial score (nSPS) is 14.4. The second-order valence-electron chi connectivity index (χ2n) is 2.34. The lowest BCUT2D eigenvalue weighted by Gasteiger charge is -2.36. The van der Waals surface area contributed by atoms with E-state index in [-0.39, 0.29) is 0 Å². The summed E-state index contributed by atoms with van der Waals surface area (Å²) in [5, 5.41) is 8.59. The summed E-state index contributed by atoms with van der Waals surface area (Å²) in [7, 11) is 0. The Labute approximate surface area is 105 Å². The quantitative estimate of drug-likeness (QED) is 0.809. The first kappa shape index (κ1) is 14.2. The fourth-order valence-corrected chi connectivity index (χ4v) is 1.43. The zero-order chi connectivity index (χ0) is 11.1. The maximum Gasteiger partial charge on any atom is 0.343 e. The number of halogens is 6. The molecule has 13 heavy (non-hydrogen) atoms. The van der Waals surface area contributed by atoms with Crippen LogP contribution < -0.4 is 0 Å². The van der Waals surface area contributed by atoms with Crippen LogP contribution >= 0.6 is 69.6 Å². The summed E-state index contributed by atoms with van der Waals surface area (Å²) in [5.41, 5.74) is 0. The first-order valence-corrected chi connectivity index (χ1v) is 5.08. The van der Waals surface area contributed by atoms with E-state index in [1.807, 2.05) is 0 Å². The smallest absolute Gasteiger partial charge is 0.343 e. The van der Waals surface area contributed by atoms with Crippen LogP contribution in [0.4, 0.5) is 0 Å². The zero-order valence-corrected chi connectivity index (χ0v) is 10.7. The Kier molecular flexibility index (Phi) is 4.36. The van der Waals surface area contributed by atoms with Gasteiger partial charge in [0.05, 0.1) is 0 Å². The highest BCUT2D eigenvalue weighted by Gasteiger charge is 2.62. The van der Waals surface area contributed by atoms with E-state index < -0.39 is 19.0 Å². The van der Waals surface area contributed by atoms with Crippen LogP contribution in [0.5, 0.6) is 0 Å². The number of carboxylic acid groups (broad SMARTS) is 1. The number of hydrogen-bond donors (Lipinski definition) is 1. The predicted octanol–water partition coefficient (Wildman–Crippen LogP) is 3.61. The van der Waals surface area contributed by atoms with Gasteiger partial charge in [-0.3, -0.25) is 0 Å². The Hall–Kier alpha value is 1.21. The van der Waals surface area contributed by atoms with Crippen molar-refractivity contribution in [1.82, 2.24) is 0 Å². The van der Waals surface area contributed by atoms with Gasteiger partial charge in [0, 0.05) is 0 Å². The third-order valence-electron chi connectivity index (χ3n) is 1.21. The molecule has 0 atom stereocenters. The van der Waals surface area contributed by atoms with Crippen molar-refractivity contribution in [3.05, 3.63) is 0 Å². The third-order valence-corrected chi connectivity index (χ3v) is 4.77. The minimum Gasteiger partial charge on any atom is -0.479 e. The van der Waals surface area contributed by atoms with E-state index in [1.165, 1.54) is 6.92 Å². The molecule has 0 saturated heterocycles. The molecule has 0 aromatic heterocycles. The number of carbonyl (C=O) groups is 1. The highest BCUT2D eigenvalue weighted by Crippen LogP contribution is 2.54. The molecule has 0 aliphatic heterocycles. The topological polar surface area (TPSA) is 37.3 Å². The molecule has 0 spiro atoms. The van der Waals surface area contributed by atoms with E-state index in [2.05, 4.69) is 0 Å². The molecule has 0 heterocycles. The van der Waals surface area contributed by atoms with E-state index in [1.54, 1.807) is 0 Å². The van der Waals surface area contributed by atoms with E-state index in [0.29, 0.717) is 0 Å². The fourth-order valence-electron chi connectivity index (χ4n) is 0.410. The average Bonchev–Trinajstić information content (AvgIpc) is 1.84. The molecule has 78 valence electrons. The summed E-state index contributed by atoms with van der Waals surface area (Å²) in [6.45, 7) is 1.18. The van der Waals surface area contributed by atoms with Gasteiger partial charge >= 0.3 is 5.97 Å². The van der Waals surface area contributed by atoms with Crippen molar-refractivity contribution >= 4 is 75.6 Å². The van der Waals surface area contributed by atoms with E-state index >= 15 is 0 Å². The van der Waals surface area contributed by atoms with E-state index in [4.69, 9.17) is 74.7 Å². The molecule has 0 saturated carbocycles. The molecule has 0 radical (unpaired) electrons. The van der Waals surface area contributed by atoms with Crippen molar-refractivity contribution in [1.29, 1.82) is 0 Å². The third kappa shape index (κ3) is 2.61. The summed E-state index contributed by atoms with van der Waals surface area (Å²) >= 11 is 32.9. The first-order chi connectivity index (χ1) is 5.44. The average molecular weight is 309 g/mol. The van der Waals surface area contributed by atoms with E-state index in [0.717, 1.165) is 0 Å². The molecule has 8 heteroatoms. The van der Waals surface area contributed by atoms with Gasteiger partial charge in [-0.2, -0.15) is 0 Å². The molecule has 0 bridgehead atoms. The van der Waals surface area contributed by atoms with Crippen LogP contribution in [0.15, 0.2) is 0 Å². The molecule has 0 aromatic carbocycles. The number of carboxylic acids is 1. The Bertz CT molecular complexity index is 218. The van der Waals surface area contributed by atoms with Crippen molar-refractivity contribution in [3.63, 3.8) is 0 Å². The SMILES string of the molecule is CC(Cl)(Cl)C(Cl)(Cl)C(Cl)(Cl)C(=O)O. The van der Waals surface area contributed by atoms with Crippen molar-refractivity contribution in [3.8, 4) is 0 Å². The molecule has 2 nitrogen and oxygen atoms in total. The molecular formula is C5H4Cl6O2. The van der Waals surface area contributed by atoms with Gasteiger partial charge in [0.25, 0.3) is 0 Å². The highest BCUT2D eigenvalue weighted by molar-refractivity contribution is 6.73. The van der Waals surface area contributed by atoms with Crippen molar-refractivity contribution in [2.24, 2.45) is 0 Å². The summed E-state index contributed by atoms with van der Waals surface area (Å²) in [6.07, 6.45) is 0. The molecule has 0 amide bonds. The van der Waals surface area contributed by atoms with Gasteiger partial charge < -0.3 is 5.11 Å². The summed E-state index contributed by atoms with van der Waals surface area (Å²) in [5.74, 6) is -1.63. The molecular weight excluding hydrogens is 305 g/mol. The standard InChI is InChI=1S/C5H4Cl6O2/c1-3(6,7)5(10,11)4(8,9)2(12)13/h1H3,(H,12,13). The van der Waals surface area contributed by atoms with Gasteiger partial charge in [-0.1, -0.05) is 69.6 Å². The molecule has 0 aromatic rings. The van der Waals surface area contributed by atoms with Gasteiger partial charge in [0.2, 0.25) is 4.33 Å². The van der Waals surface area contributed by atoms with Gasteiger partial charge in [0.1, 0.15) is 0 Å². The second kappa shape index (κ2) is 3.99. The van der Waals surface area contributed by atoms with Gasteiger partial charge in [-0.15, -0.1) is 0 Å². The Morgan fingerprint density at radius 3 is 1.46 bits per heavy atom. The summed E-state index contributed by atoms with van der Waals surface area (Å²) < 4.78 is -6.54. The second-order valence-corrected chi connectivity index (χ2v) is 6.70. The number of rotatable bonds is 3.